The summed E-state index contributed by atoms with van der Waals surface area (Å²) in [5.41, 5.74) is 1.85. The molecule has 1 amide bonds. The SMILES string of the molecule is Cn1c(=O)c2ccccc2n2c(CNc3ccc(Cl)cc3C(=O)N3CCCC3)nnc12. The van der Waals surface area contributed by atoms with Gasteiger partial charge in [-0.2, -0.15) is 0 Å². The van der Waals surface area contributed by atoms with Crippen LogP contribution in [0, 0.1) is 0 Å². The molecule has 1 aliphatic rings. The van der Waals surface area contributed by atoms with Crippen molar-refractivity contribution in [3.05, 3.63) is 69.2 Å². The molecule has 0 aliphatic carbocycles. The lowest BCUT2D eigenvalue weighted by Crippen LogP contribution is -2.28. The van der Waals surface area contributed by atoms with Crippen molar-refractivity contribution < 1.29 is 4.79 Å². The number of aryl methyl sites for hydroxylation is 1. The van der Waals surface area contributed by atoms with Gasteiger partial charge in [0.25, 0.3) is 11.5 Å². The number of para-hydroxylation sites is 1. The standard InChI is InChI=1S/C22H21ClN6O2/c1-27-20(30)15-6-2-3-7-18(15)29-19(25-26-22(27)29)13-24-17-9-8-14(23)12-16(17)21(31)28-10-4-5-11-28/h2-3,6-9,12,24H,4-5,10-11,13H2,1H3. The molecule has 9 heteroatoms. The molecule has 158 valence electrons. The largest absolute Gasteiger partial charge is 0.377 e. The summed E-state index contributed by atoms with van der Waals surface area (Å²) in [6.07, 6.45) is 2.04. The summed E-state index contributed by atoms with van der Waals surface area (Å²) in [4.78, 5) is 27.5. The molecule has 0 saturated carbocycles. The van der Waals surface area contributed by atoms with Crippen LogP contribution in [0.1, 0.15) is 29.0 Å². The highest BCUT2D eigenvalue weighted by molar-refractivity contribution is 6.31. The second-order valence-corrected chi connectivity index (χ2v) is 8.11. The van der Waals surface area contributed by atoms with Gasteiger partial charge in [-0.3, -0.25) is 18.6 Å². The minimum absolute atomic E-state index is 0.0264. The van der Waals surface area contributed by atoms with Crippen LogP contribution in [-0.4, -0.2) is 43.1 Å². The Morgan fingerprint density at radius 2 is 1.90 bits per heavy atom. The first-order valence-corrected chi connectivity index (χ1v) is 10.6. The highest BCUT2D eigenvalue weighted by atomic mass is 35.5. The zero-order valence-electron chi connectivity index (χ0n) is 17.0. The molecule has 3 heterocycles. The number of fused-ring (bicyclic) bond motifs is 3. The second kappa shape index (κ2) is 7.70. The van der Waals surface area contributed by atoms with Gasteiger partial charge in [0.1, 0.15) is 0 Å². The molecule has 31 heavy (non-hydrogen) atoms. The molecule has 0 unspecified atom stereocenters. The monoisotopic (exact) mass is 436 g/mol. The molecule has 1 saturated heterocycles. The molecule has 1 fully saturated rings. The summed E-state index contributed by atoms with van der Waals surface area (Å²) in [5, 5.41) is 12.9. The fourth-order valence-corrected chi connectivity index (χ4v) is 4.29. The van der Waals surface area contributed by atoms with Crippen LogP contribution in [0.25, 0.3) is 16.7 Å². The number of rotatable bonds is 4. The van der Waals surface area contributed by atoms with Crippen LogP contribution in [0.3, 0.4) is 0 Å². The molecule has 0 bridgehead atoms. The van der Waals surface area contributed by atoms with E-state index < -0.39 is 0 Å². The second-order valence-electron chi connectivity index (χ2n) is 7.68. The lowest BCUT2D eigenvalue weighted by molar-refractivity contribution is 0.0793. The maximum atomic E-state index is 13.0. The predicted octanol–water partition coefficient (Wildman–Crippen LogP) is 3.08. The summed E-state index contributed by atoms with van der Waals surface area (Å²) in [6, 6.07) is 12.6. The molecule has 4 aromatic rings. The van der Waals surface area contributed by atoms with E-state index in [1.807, 2.05) is 33.6 Å². The number of benzene rings is 2. The number of hydrogen-bond donors (Lipinski definition) is 1. The maximum Gasteiger partial charge on any atom is 0.262 e. The smallest absolute Gasteiger partial charge is 0.262 e. The van der Waals surface area contributed by atoms with Gasteiger partial charge in [0, 0.05) is 30.8 Å². The minimum atomic E-state index is -0.119. The van der Waals surface area contributed by atoms with Crippen molar-refractivity contribution in [3.8, 4) is 0 Å². The van der Waals surface area contributed by atoms with Crippen molar-refractivity contribution in [3.63, 3.8) is 0 Å². The van der Waals surface area contributed by atoms with E-state index in [-0.39, 0.29) is 11.5 Å². The number of anilines is 1. The molecule has 2 aromatic carbocycles. The first-order chi connectivity index (χ1) is 15.0. The lowest BCUT2D eigenvalue weighted by Gasteiger charge is -2.18. The van der Waals surface area contributed by atoms with Crippen LogP contribution in [0.2, 0.25) is 5.02 Å². The summed E-state index contributed by atoms with van der Waals surface area (Å²) in [6.45, 7) is 1.85. The molecule has 0 spiro atoms. The normalized spacial score (nSPS) is 13.9. The number of nitrogens with zero attached hydrogens (tertiary/aromatic N) is 5. The Hall–Kier alpha value is -3.39. The molecule has 2 aromatic heterocycles. The van der Waals surface area contributed by atoms with E-state index >= 15 is 0 Å². The fraction of sp³-hybridized carbons (Fsp3) is 0.273. The number of hydrogen-bond acceptors (Lipinski definition) is 5. The van der Waals surface area contributed by atoms with E-state index in [9.17, 15) is 9.59 Å². The third-order valence-corrected chi connectivity index (χ3v) is 5.97. The number of likely N-dealkylation sites (tertiary alicyclic amines) is 1. The van der Waals surface area contributed by atoms with Crippen molar-refractivity contribution in [2.24, 2.45) is 7.05 Å². The van der Waals surface area contributed by atoms with Crippen molar-refractivity contribution in [2.45, 2.75) is 19.4 Å². The molecule has 0 radical (unpaired) electrons. The van der Waals surface area contributed by atoms with E-state index in [0.717, 1.165) is 31.4 Å². The van der Waals surface area contributed by atoms with Gasteiger partial charge in [-0.05, 0) is 43.2 Å². The molecule has 1 N–H and O–H groups in total. The van der Waals surface area contributed by atoms with E-state index in [4.69, 9.17) is 11.6 Å². The molecule has 8 nitrogen and oxygen atoms in total. The van der Waals surface area contributed by atoms with Gasteiger partial charge in [0.2, 0.25) is 5.78 Å². The topological polar surface area (TPSA) is 84.5 Å². The highest BCUT2D eigenvalue weighted by Gasteiger charge is 2.22. The molecular weight excluding hydrogens is 416 g/mol. The van der Waals surface area contributed by atoms with Crippen LogP contribution in [0.4, 0.5) is 5.69 Å². The van der Waals surface area contributed by atoms with E-state index in [0.29, 0.717) is 39.8 Å². The minimum Gasteiger partial charge on any atom is -0.377 e. The number of aromatic nitrogens is 4. The first kappa shape index (κ1) is 19.6. The first-order valence-electron chi connectivity index (χ1n) is 10.2. The van der Waals surface area contributed by atoms with Crippen LogP contribution in [0.5, 0.6) is 0 Å². The number of carbonyl (C=O) groups is 1. The maximum absolute atomic E-state index is 13.0. The highest BCUT2D eigenvalue weighted by Crippen LogP contribution is 2.25. The average Bonchev–Trinajstić information content (AvgIpc) is 3.46. The Balaban J connectivity index is 1.53. The zero-order valence-corrected chi connectivity index (χ0v) is 17.8. The van der Waals surface area contributed by atoms with Crippen LogP contribution in [0.15, 0.2) is 47.3 Å². The summed E-state index contributed by atoms with van der Waals surface area (Å²) < 4.78 is 3.35. The van der Waals surface area contributed by atoms with E-state index in [1.165, 1.54) is 4.57 Å². The van der Waals surface area contributed by atoms with Crippen LogP contribution < -0.4 is 10.9 Å². The van der Waals surface area contributed by atoms with Crippen molar-refractivity contribution in [1.29, 1.82) is 0 Å². The fourth-order valence-electron chi connectivity index (χ4n) is 4.12. The third kappa shape index (κ3) is 3.33. The van der Waals surface area contributed by atoms with Gasteiger partial charge < -0.3 is 10.2 Å². The lowest BCUT2D eigenvalue weighted by atomic mass is 10.1. The van der Waals surface area contributed by atoms with Gasteiger partial charge >= 0.3 is 0 Å². The summed E-state index contributed by atoms with van der Waals surface area (Å²) in [5.74, 6) is 1.07. The summed E-state index contributed by atoms with van der Waals surface area (Å²) >= 11 is 6.19. The Morgan fingerprint density at radius 3 is 2.71 bits per heavy atom. The molecule has 0 atom stereocenters. The van der Waals surface area contributed by atoms with Crippen molar-refractivity contribution in [2.75, 3.05) is 18.4 Å². The third-order valence-electron chi connectivity index (χ3n) is 5.74. The van der Waals surface area contributed by atoms with Gasteiger partial charge in [0.05, 0.1) is 23.0 Å². The number of halogens is 1. The van der Waals surface area contributed by atoms with Gasteiger partial charge in [-0.25, -0.2) is 0 Å². The van der Waals surface area contributed by atoms with Gasteiger partial charge in [-0.1, -0.05) is 23.7 Å². The van der Waals surface area contributed by atoms with E-state index in [1.54, 1.807) is 25.2 Å². The summed E-state index contributed by atoms with van der Waals surface area (Å²) in [7, 11) is 1.68. The Labute approximate surface area is 183 Å². The average molecular weight is 437 g/mol. The number of amides is 1. The number of carbonyl (C=O) groups excluding carboxylic acids is 1. The van der Waals surface area contributed by atoms with Crippen LogP contribution in [-0.2, 0) is 13.6 Å². The van der Waals surface area contributed by atoms with Crippen LogP contribution >= 0.6 is 11.6 Å². The number of nitrogens with one attached hydrogen (secondary N) is 1. The quantitative estimate of drug-likeness (QED) is 0.531. The van der Waals surface area contributed by atoms with Crippen molar-refractivity contribution in [1.82, 2.24) is 24.1 Å². The molecular formula is C22H21ClN6O2. The Bertz CT molecular complexity index is 1370. The van der Waals surface area contributed by atoms with Gasteiger partial charge in [-0.15, -0.1) is 10.2 Å². The Kier molecular flexibility index (Phi) is 4.86. The molecule has 5 rings (SSSR count). The Morgan fingerprint density at radius 1 is 1.13 bits per heavy atom. The zero-order chi connectivity index (χ0) is 21.5. The van der Waals surface area contributed by atoms with Gasteiger partial charge in [0.15, 0.2) is 5.82 Å². The predicted molar refractivity (Wildman–Crippen MR) is 120 cm³/mol. The van der Waals surface area contributed by atoms with Crippen molar-refractivity contribution >= 4 is 39.9 Å². The molecule has 1 aliphatic heterocycles. The van der Waals surface area contributed by atoms with E-state index in [2.05, 4.69) is 15.5 Å².